The smallest absolute Gasteiger partial charge is 0.153 e. The second kappa shape index (κ2) is 4.27. The Hall–Kier alpha value is -1.72. The van der Waals surface area contributed by atoms with Gasteiger partial charge in [0.2, 0.25) is 0 Å². The van der Waals surface area contributed by atoms with Gasteiger partial charge in [0.25, 0.3) is 0 Å². The minimum atomic E-state index is 0.113. The number of hydrogen-bond acceptors (Lipinski definition) is 4. The van der Waals surface area contributed by atoms with E-state index >= 15 is 0 Å². The van der Waals surface area contributed by atoms with Crippen LogP contribution in [0.5, 0.6) is 0 Å². The largest absolute Gasteiger partial charge is 0.396 e. The molecule has 3 aromatic heterocycles. The van der Waals surface area contributed by atoms with Gasteiger partial charge in [-0.3, -0.25) is 0 Å². The lowest BCUT2D eigenvalue weighted by Crippen LogP contribution is -1.91. The minimum absolute atomic E-state index is 0.113. The maximum atomic E-state index is 8.88. The molecule has 3 aromatic rings. The topological polar surface area (TPSA) is 50.4 Å². The fourth-order valence-corrected chi connectivity index (χ4v) is 2.41. The minimum Gasteiger partial charge on any atom is -0.396 e. The van der Waals surface area contributed by atoms with Crippen LogP contribution in [0.1, 0.15) is 5.69 Å². The summed E-state index contributed by atoms with van der Waals surface area (Å²) in [6, 6.07) is 7.97. The maximum absolute atomic E-state index is 8.88. The lowest BCUT2D eigenvalue weighted by atomic mass is 10.3. The first-order valence-electron chi connectivity index (χ1n) is 5.37. The number of aliphatic hydroxyl groups is 1. The molecule has 0 fully saturated rings. The zero-order valence-electron chi connectivity index (χ0n) is 9.08. The third kappa shape index (κ3) is 1.94. The van der Waals surface area contributed by atoms with Gasteiger partial charge < -0.3 is 5.11 Å². The first-order chi connectivity index (χ1) is 8.36. The van der Waals surface area contributed by atoms with Crippen molar-refractivity contribution >= 4 is 17.0 Å². The Bertz CT molecular complexity index is 630. The Morgan fingerprint density at radius 1 is 1.29 bits per heavy atom. The summed E-state index contributed by atoms with van der Waals surface area (Å²) in [5.74, 6) is 0. The van der Waals surface area contributed by atoms with Gasteiger partial charge in [-0.05, 0) is 23.6 Å². The van der Waals surface area contributed by atoms with Gasteiger partial charge in [0, 0.05) is 13.0 Å². The Kier molecular flexibility index (Phi) is 2.62. The fraction of sp³-hybridized carbons (Fsp3) is 0.167. The van der Waals surface area contributed by atoms with Gasteiger partial charge in [0.1, 0.15) is 5.69 Å². The highest BCUT2D eigenvalue weighted by Crippen LogP contribution is 2.22. The van der Waals surface area contributed by atoms with Crippen LogP contribution in [0.15, 0.2) is 35.8 Å². The van der Waals surface area contributed by atoms with Gasteiger partial charge in [-0.2, -0.15) is 5.10 Å². The summed E-state index contributed by atoms with van der Waals surface area (Å²) in [7, 11) is 0. The summed E-state index contributed by atoms with van der Waals surface area (Å²) in [6.45, 7) is 0.113. The van der Waals surface area contributed by atoms with E-state index in [0.29, 0.717) is 6.42 Å². The zero-order valence-corrected chi connectivity index (χ0v) is 9.89. The molecule has 0 aromatic carbocycles. The molecule has 0 bridgehead atoms. The molecule has 0 spiro atoms. The third-order valence-electron chi connectivity index (χ3n) is 2.51. The van der Waals surface area contributed by atoms with E-state index in [1.165, 1.54) is 0 Å². The molecule has 0 saturated carbocycles. The Labute approximate surface area is 102 Å². The highest BCUT2D eigenvalue weighted by Gasteiger charge is 2.05. The number of aliphatic hydroxyl groups excluding tert-OH is 1. The molecule has 0 aliphatic rings. The highest BCUT2D eigenvalue weighted by atomic mass is 32.1. The van der Waals surface area contributed by atoms with Crippen LogP contribution in [0, 0.1) is 0 Å². The van der Waals surface area contributed by atoms with Crippen molar-refractivity contribution in [1.82, 2.24) is 14.6 Å². The number of imidazole rings is 1. The van der Waals surface area contributed by atoms with Crippen LogP contribution in [0.25, 0.3) is 16.2 Å². The summed E-state index contributed by atoms with van der Waals surface area (Å²) in [6.07, 6.45) is 2.43. The van der Waals surface area contributed by atoms with Crippen LogP contribution in [0.2, 0.25) is 0 Å². The molecule has 0 aliphatic carbocycles. The summed E-state index contributed by atoms with van der Waals surface area (Å²) < 4.78 is 1.76. The molecule has 0 atom stereocenters. The Balaban J connectivity index is 2.06. The maximum Gasteiger partial charge on any atom is 0.153 e. The van der Waals surface area contributed by atoms with Gasteiger partial charge in [-0.25, -0.2) is 9.50 Å². The lowest BCUT2D eigenvalue weighted by molar-refractivity contribution is 0.298. The van der Waals surface area contributed by atoms with Crippen LogP contribution in [0.4, 0.5) is 0 Å². The van der Waals surface area contributed by atoms with Crippen LogP contribution < -0.4 is 0 Å². The van der Waals surface area contributed by atoms with Gasteiger partial charge in [-0.15, -0.1) is 11.3 Å². The molecule has 17 heavy (non-hydrogen) atoms. The summed E-state index contributed by atoms with van der Waals surface area (Å²) in [5, 5.41) is 15.4. The molecule has 3 heterocycles. The van der Waals surface area contributed by atoms with Gasteiger partial charge in [0.05, 0.1) is 16.8 Å². The standard InChI is InChI=1S/C12H11N3OS/c16-6-5-9-8-15-12(13-9)4-3-10(14-15)11-2-1-7-17-11/h1-4,7-8,16H,5-6H2. The first kappa shape index (κ1) is 10.4. The van der Waals surface area contributed by atoms with Crippen molar-refractivity contribution in [1.29, 1.82) is 0 Å². The van der Waals surface area contributed by atoms with E-state index in [-0.39, 0.29) is 6.61 Å². The van der Waals surface area contributed by atoms with Crippen molar-refractivity contribution in [3.8, 4) is 10.6 Å². The van der Waals surface area contributed by atoms with E-state index < -0.39 is 0 Å². The average Bonchev–Trinajstić information content (AvgIpc) is 2.96. The molecule has 0 unspecified atom stereocenters. The van der Waals surface area contributed by atoms with E-state index in [4.69, 9.17) is 5.11 Å². The third-order valence-corrected chi connectivity index (χ3v) is 3.40. The quantitative estimate of drug-likeness (QED) is 0.767. The number of rotatable bonds is 3. The molecule has 0 aliphatic heterocycles. The molecular formula is C12H11N3OS. The van der Waals surface area contributed by atoms with Crippen molar-refractivity contribution in [2.75, 3.05) is 6.61 Å². The SMILES string of the molecule is OCCc1cn2nc(-c3cccs3)ccc2n1. The monoisotopic (exact) mass is 245 g/mol. The number of hydrogen-bond donors (Lipinski definition) is 1. The van der Waals surface area contributed by atoms with E-state index in [1.54, 1.807) is 15.9 Å². The van der Waals surface area contributed by atoms with Gasteiger partial charge >= 0.3 is 0 Å². The Morgan fingerprint density at radius 2 is 2.24 bits per heavy atom. The predicted octanol–water partition coefficient (Wildman–Crippen LogP) is 1.99. The summed E-state index contributed by atoms with van der Waals surface area (Å²) >= 11 is 1.67. The van der Waals surface area contributed by atoms with E-state index in [9.17, 15) is 0 Å². The molecule has 0 amide bonds. The fourth-order valence-electron chi connectivity index (χ4n) is 1.72. The van der Waals surface area contributed by atoms with Gasteiger partial charge in [-0.1, -0.05) is 6.07 Å². The second-order valence-electron chi connectivity index (χ2n) is 3.70. The molecule has 0 saturated heterocycles. The zero-order chi connectivity index (χ0) is 11.7. The number of aromatic nitrogens is 3. The molecule has 86 valence electrons. The van der Waals surface area contributed by atoms with E-state index in [0.717, 1.165) is 21.9 Å². The predicted molar refractivity (Wildman–Crippen MR) is 67.1 cm³/mol. The number of thiophene rings is 1. The second-order valence-corrected chi connectivity index (χ2v) is 4.65. The van der Waals surface area contributed by atoms with Gasteiger partial charge in [0.15, 0.2) is 5.65 Å². The molecule has 5 heteroatoms. The van der Waals surface area contributed by atoms with Crippen molar-refractivity contribution < 1.29 is 5.11 Å². The van der Waals surface area contributed by atoms with Crippen molar-refractivity contribution in [2.24, 2.45) is 0 Å². The van der Waals surface area contributed by atoms with E-state index in [2.05, 4.69) is 10.1 Å². The van der Waals surface area contributed by atoms with Crippen LogP contribution in [-0.2, 0) is 6.42 Å². The lowest BCUT2D eigenvalue weighted by Gasteiger charge is -1.97. The van der Waals surface area contributed by atoms with Crippen LogP contribution in [-0.4, -0.2) is 26.3 Å². The van der Waals surface area contributed by atoms with E-state index in [1.807, 2.05) is 35.8 Å². The Morgan fingerprint density at radius 3 is 3.00 bits per heavy atom. The number of nitrogens with zero attached hydrogens (tertiary/aromatic N) is 3. The van der Waals surface area contributed by atoms with Crippen molar-refractivity contribution in [2.45, 2.75) is 6.42 Å². The number of fused-ring (bicyclic) bond motifs is 1. The van der Waals surface area contributed by atoms with Crippen molar-refractivity contribution in [3.05, 3.63) is 41.5 Å². The highest BCUT2D eigenvalue weighted by molar-refractivity contribution is 7.13. The first-order valence-corrected chi connectivity index (χ1v) is 6.25. The van der Waals surface area contributed by atoms with Crippen molar-refractivity contribution in [3.63, 3.8) is 0 Å². The molecule has 3 rings (SSSR count). The normalized spacial score (nSPS) is 11.1. The average molecular weight is 245 g/mol. The summed E-state index contributed by atoms with van der Waals surface area (Å²) in [5.41, 5.74) is 2.62. The van der Waals surface area contributed by atoms with Crippen LogP contribution >= 0.6 is 11.3 Å². The van der Waals surface area contributed by atoms with Crippen LogP contribution in [0.3, 0.4) is 0 Å². The molecule has 0 radical (unpaired) electrons. The molecular weight excluding hydrogens is 234 g/mol. The molecule has 1 N–H and O–H groups in total. The summed E-state index contributed by atoms with van der Waals surface area (Å²) in [4.78, 5) is 5.51. The molecule has 4 nitrogen and oxygen atoms in total.